The molecule has 0 fully saturated rings. The van der Waals surface area contributed by atoms with Crippen molar-refractivity contribution in [2.24, 2.45) is 0 Å². The van der Waals surface area contributed by atoms with Crippen molar-refractivity contribution in [1.29, 1.82) is 5.26 Å². The summed E-state index contributed by atoms with van der Waals surface area (Å²) < 4.78 is 11.3. The van der Waals surface area contributed by atoms with Crippen molar-refractivity contribution in [3.05, 3.63) is 27.3 Å². The molecule has 1 amide bonds. The van der Waals surface area contributed by atoms with Gasteiger partial charge in [-0.05, 0) is 40.8 Å². The Kier molecular flexibility index (Phi) is 6.46. The first kappa shape index (κ1) is 14.7. The van der Waals surface area contributed by atoms with Gasteiger partial charge >= 0.3 is 0 Å². The molecular formula is C12H13IN2O3. The summed E-state index contributed by atoms with van der Waals surface area (Å²) in [5.74, 6) is 0.172. The third kappa shape index (κ3) is 4.50. The number of hydrogen-bond acceptors (Lipinski definition) is 4. The number of carbonyl (C=O) groups is 1. The summed E-state index contributed by atoms with van der Waals surface area (Å²) in [6.45, 7) is 0.794. The third-order valence-corrected chi connectivity index (χ3v) is 2.73. The van der Waals surface area contributed by atoms with Crippen molar-refractivity contribution < 1.29 is 14.3 Å². The molecule has 0 aliphatic rings. The predicted molar refractivity (Wildman–Crippen MR) is 74.5 cm³/mol. The maximum absolute atomic E-state index is 11.8. The number of nitrogens with zero attached hydrogens (tertiary/aromatic N) is 1. The molecule has 18 heavy (non-hydrogen) atoms. The molecule has 0 radical (unpaired) electrons. The highest BCUT2D eigenvalue weighted by atomic mass is 127. The number of rotatable bonds is 6. The highest BCUT2D eigenvalue weighted by molar-refractivity contribution is 14.1. The number of halogens is 1. The van der Waals surface area contributed by atoms with E-state index in [-0.39, 0.29) is 12.5 Å². The van der Waals surface area contributed by atoms with E-state index in [1.54, 1.807) is 19.2 Å². The van der Waals surface area contributed by atoms with Gasteiger partial charge in [-0.15, -0.1) is 0 Å². The van der Waals surface area contributed by atoms with Crippen molar-refractivity contribution in [2.45, 2.75) is 0 Å². The molecule has 1 N–H and O–H groups in total. The maximum atomic E-state index is 11.8. The summed E-state index contributed by atoms with van der Waals surface area (Å²) in [5, 5.41) is 10.9. The molecule has 0 aliphatic heterocycles. The summed E-state index contributed by atoms with van der Waals surface area (Å²) in [5.41, 5.74) is 0.424. The van der Waals surface area contributed by atoms with Crippen LogP contribution in [0.2, 0.25) is 0 Å². The number of nitriles is 1. The van der Waals surface area contributed by atoms with Gasteiger partial charge in [-0.1, -0.05) is 0 Å². The second-order valence-electron chi connectivity index (χ2n) is 3.32. The van der Waals surface area contributed by atoms with Crippen LogP contribution in [-0.4, -0.2) is 32.8 Å². The van der Waals surface area contributed by atoms with Crippen LogP contribution < -0.4 is 10.1 Å². The van der Waals surface area contributed by atoms with Crippen LogP contribution in [0.15, 0.2) is 18.2 Å². The summed E-state index contributed by atoms with van der Waals surface area (Å²) >= 11 is 2.11. The first-order chi connectivity index (χ1) is 8.69. The van der Waals surface area contributed by atoms with Gasteiger partial charge in [0.25, 0.3) is 5.91 Å². The SMILES string of the molecule is COCCOc1ccc(I)cc1C(=O)NCC#N. The first-order valence-corrected chi connectivity index (χ1v) is 6.33. The first-order valence-electron chi connectivity index (χ1n) is 5.25. The predicted octanol–water partition coefficient (Wildman–Crippen LogP) is 1.57. The molecule has 0 spiro atoms. The van der Waals surface area contributed by atoms with Crippen molar-refractivity contribution in [2.75, 3.05) is 26.9 Å². The van der Waals surface area contributed by atoms with Gasteiger partial charge in [0, 0.05) is 10.7 Å². The van der Waals surface area contributed by atoms with Crippen LogP contribution in [0.5, 0.6) is 5.75 Å². The van der Waals surface area contributed by atoms with Gasteiger partial charge in [0.05, 0.1) is 18.2 Å². The second-order valence-corrected chi connectivity index (χ2v) is 4.57. The van der Waals surface area contributed by atoms with Crippen LogP contribution in [0, 0.1) is 14.9 Å². The van der Waals surface area contributed by atoms with Gasteiger partial charge in [0.15, 0.2) is 0 Å². The molecule has 96 valence electrons. The minimum atomic E-state index is -0.317. The van der Waals surface area contributed by atoms with Crippen LogP contribution in [0.25, 0.3) is 0 Å². The molecular weight excluding hydrogens is 347 g/mol. The number of methoxy groups -OCH3 is 1. The molecule has 1 rings (SSSR count). The van der Waals surface area contributed by atoms with Crippen LogP contribution >= 0.6 is 22.6 Å². The van der Waals surface area contributed by atoms with E-state index < -0.39 is 0 Å². The Morgan fingerprint density at radius 3 is 2.94 bits per heavy atom. The van der Waals surface area contributed by atoms with Crippen molar-refractivity contribution in [1.82, 2.24) is 5.32 Å². The van der Waals surface area contributed by atoms with Gasteiger partial charge < -0.3 is 14.8 Å². The highest BCUT2D eigenvalue weighted by Gasteiger charge is 2.12. The molecule has 0 saturated heterocycles. The molecule has 1 aromatic carbocycles. The zero-order valence-electron chi connectivity index (χ0n) is 9.90. The average Bonchev–Trinajstić information content (AvgIpc) is 2.38. The third-order valence-electron chi connectivity index (χ3n) is 2.06. The zero-order valence-corrected chi connectivity index (χ0v) is 12.1. The minimum absolute atomic E-state index is 0.0260. The molecule has 0 bridgehead atoms. The molecule has 0 heterocycles. The van der Waals surface area contributed by atoms with Crippen LogP contribution in [0.4, 0.5) is 0 Å². The summed E-state index contributed by atoms with van der Waals surface area (Å²) in [6, 6.07) is 7.16. The Morgan fingerprint density at radius 1 is 1.50 bits per heavy atom. The lowest BCUT2D eigenvalue weighted by Gasteiger charge is -2.11. The lowest BCUT2D eigenvalue weighted by atomic mass is 10.2. The van der Waals surface area contributed by atoms with E-state index in [0.29, 0.717) is 24.5 Å². The van der Waals surface area contributed by atoms with Crippen molar-refractivity contribution in [3.8, 4) is 11.8 Å². The smallest absolute Gasteiger partial charge is 0.255 e. The Balaban J connectivity index is 2.82. The molecule has 0 atom stereocenters. The Bertz CT molecular complexity index is 457. The zero-order chi connectivity index (χ0) is 13.4. The van der Waals surface area contributed by atoms with E-state index in [2.05, 4.69) is 27.9 Å². The van der Waals surface area contributed by atoms with E-state index in [4.69, 9.17) is 14.7 Å². The normalized spacial score (nSPS) is 9.61. The van der Waals surface area contributed by atoms with Crippen LogP contribution in [-0.2, 0) is 4.74 Å². The molecule has 1 aromatic rings. The van der Waals surface area contributed by atoms with Gasteiger partial charge in [-0.2, -0.15) is 5.26 Å². The molecule has 6 heteroatoms. The number of nitrogens with one attached hydrogen (secondary N) is 1. The van der Waals surface area contributed by atoms with Gasteiger partial charge in [0.1, 0.15) is 18.9 Å². The Labute approximate surface area is 119 Å². The van der Waals surface area contributed by atoms with Crippen LogP contribution in [0.3, 0.4) is 0 Å². The van der Waals surface area contributed by atoms with Gasteiger partial charge in [-0.25, -0.2) is 0 Å². The number of carbonyl (C=O) groups excluding carboxylic acids is 1. The molecule has 0 saturated carbocycles. The van der Waals surface area contributed by atoms with Gasteiger partial charge in [-0.3, -0.25) is 4.79 Å². The molecule has 0 unspecified atom stereocenters. The quantitative estimate of drug-likeness (QED) is 0.475. The summed E-state index contributed by atoms with van der Waals surface area (Å²) in [4.78, 5) is 11.8. The lowest BCUT2D eigenvalue weighted by Crippen LogP contribution is -2.24. The van der Waals surface area contributed by atoms with E-state index in [1.807, 2.05) is 12.1 Å². The second kappa shape index (κ2) is 7.89. The minimum Gasteiger partial charge on any atom is -0.490 e. The fourth-order valence-corrected chi connectivity index (χ4v) is 1.75. The van der Waals surface area contributed by atoms with Gasteiger partial charge in [0.2, 0.25) is 0 Å². The molecule has 5 nitrogen and oxygen atoms in total. The number of benzene rings is 1. The average molecular weight is 360 g/mol. The van der Waals surface area contributed by atoms with E-state index >= 15 is 0 Å². The lowest BCUT2D eigenvalue weighted by molar-refractivity contribution is 0.0950. The Morgan fingerprint density at radius 2 is 2.28 bits per heavy atom. The highest BCUT2D eigenvalue weighted by Crippen LogP contribution is 2.21. The Hall–Kier alpha value is -1.33. The van der Waals surface area contributed by atoms with E-state index in [0.717, 1.165) is 3.57 Å². The largest absolute Gasteiger partial charge is 0.490 e. The number of hydrogen-bond donors (Lipinski definition) is 1. The monoisotopic (exact) mass is 360 g/mol. The van der Waals surface area contributed by atoms with Crippen molar-refractivity contribution >= 4 is 28.5 Å². The fourth-order valence-electron chi connectivity index (χ4n) is 1.26. The van der Waals surface area contributed by atoms with E-state index in [1.165, 1.54) is 0 Å². The molecule has 0 aliphatic carbocycles. The summed E-state index contributed by atoms with van der Waals surface area (Å²) in [6.07, 6.45) is 0. The van der Waals surface area contributed by atoms with Crippen molar-refractivity contribution in [3.63, 3.8) is 0 Å². The number of amides is 1. The topological polar surface area (TPSA) is 71.3 Å². The fraction of sp³-hybridized carbons (Fsp3) is 0.333. The standard InChI is InChI=1S/C12H13IN2O3/c1-17-6-7-18-11-3-2-9(13)8-10(11)12(16)15-5-4-14/h2-3,8H,5-7H2,1H3,(H,15,16). The van der Waals surface area contributed by atoms with E-state index in [9.17, 15) is 4.79 Å². The molecule has 0 aromatic heterocycles. The maximum Gasteiger partial charge on any atom is 0.255 e. The van der Waals surface area contributed by atoms with Crippen LogP contribution in [0.1, 0.15) is 10.4 Å². The summed E-state index contributed by atoms with van der Waals surface area (Å²) in [7, 11) is 1.58. The number of ether oxygens (including phenoxy) is 2.